The molecule has 116 valence electrons. The summed E-state index contributed by atoms with van der Waals surface area (Å²) in [5.74, 6) is -0.863. The topological polar surface area (TPSA) is 16.1 Å². The van der Waals surface area contributed by atoms with Crippen molar-refractivity contribution in [2.24, 2.45) is 0 Å². The van der Waals surface area contributed by atoms with Crippen LogP contribution in [0.15, 0.2) is 36.7 Å². The van der Waals surface area contributed by atoms with Gasteiger partial charge in [-0.05, 0) is 56.1 Å². The maximum Gasteiger partial charge on any atom is 0.131 e. The molecular weight excluding hydrogens is 282 g/mol. The Morgan fingerprint density at radius 1 is 1.18 bits per heavy atom. The minimum absolute atomic E-state index is 0.265. The first-order chi connectivity index (χ1) is 10.6. The van der Waals surface area contributed by atoms with Gasteiger partial charge in [0.15, 0.2) is 0 Å². The van der Waals surface area contributed by atoms with Crippen LogP contribution in [0.4, 0.5) is 8.78 Å². The number of hydrogen-bond acceptors (Lipinski definition) is 2. The average Bonchev–Trinajstić information content (AvgIpc) is 2.52. The number of rotatable bonds is 3. The molecular formula is C18H20F2N2. The normalized spacial score (nSPS) is 19.3. The van der Waals surface area contributed by atoms with Gasteiger partial charge in [-0.1, -0.05) is 6.42 Å². The van der Waals surface area contributed by atoms with E-state index in [0.717, 1.165) is 30.8 Å². The molecule has 4 heteroatoms. The summed E-state index contributed by atoms with van der Waals surface area (Å²) in [5.41, 5.74) is 1.93. The lowest BCUT2D eigenvalue weighted by Gasteiger charge is -2.33. The predicted molar refractivity (Wildman–Crippen MR) is 83.3 cm³/mol. The van der Waals surface area contributed by atoms with Crippen molar-refractivity contribution in [1.82, 2.24) is 9.88 Å². The van der Waals surface area contributed by atoms with E-state index in [0.29, 0.717) is 11.6 Å². The molecule has 1 saturated heterocycles. The van der Waals surface area contributed by atoms with Crippen LogP contribution in [-0.2, 0) is 6.54 Å². The summed E-state index contributed by atoms with van der Waals surface area (Å²) >= 11 is 0. The van der Waals surface area contributed by atoms with Gasteiger partial charge >= 0.3 is 0 Å². The molecule has 1 aliphatic rings. The van der Waals surface area contributed by atoms with E-state index in [-0.39, 0.29) is 5.56 Å². The van der Waals surface area contributed by atoms with E-state index >= 15 is 0 Å². The number of benzene rings is 1. The van der Waals surface area contributed by atoms with Crippen molar-refractivity contribution < 1.29 is 8.78 Å². The molecule has 0 saturated carbocycles. The van der Waals surface area contributed by atoms with Crippen LogP contribution in [-0.4, -0.2) is 22.5 Å². The summed E-state index contributed by atoms with van der Waals surface area (Å²) in [4.78, 5) is 6.63. The van der Waals surface area contributed by atoms with Gasteiger partial charge in [0.1, 0.15) is 11.6 Å². The summed E-state index contributed by atoms with van der Waals surface area (Å²) in [6, 6.07) is 5.98. The summed E-state index contributed by atoms with van der Waals surface area (Å²) in [6.07, 6.45) is 7.11. The van der Waals surface area contributed by atoms with E-state index in [1.54, 1.807) is 6.20 Å². The molecule has 0 amide bonds. The van der Waals surface area contributed by atoms with E-state index in [1.165, 1.54) is 25.3 Å². The smallest absolute Gasteiger partial charge is 0.131 e. The highest BCUT2D eigenvalue weighted by Crippen LogP contribution is 2.25. The Bertz CT molecular complexity index is 657. The van der Waals surface area contributed by atoms with E-state index in [9.17, 15) is 8.78 Å². The zero-order valence-electron chi connectivity index (χ0n) is 12.7. The van der Waals surface area contributed by atoms with Crippen LogP contribution < -0.4 is 0 Å². The van der Waals surface area contributed by atoms with Crippen molar-refractivity contribution in [3.63, 3.8) is 0 Å². The highest BCUT2D eigenvalue weighted by atomic mass is 19.1. The fourth-order valence-electron chi connectivity index (χ4n) is 3.07. The Hall–Kier alpha value is -1.81. The lowest BCUT2D eigenvalue weighted by molar-refractivity contribution is 0.152. The second-order valence-electron chi connectivity index (χ2n) is 6.02. The van der Waals surface area contributed by atoms with Gasteiger partial charge in [-0.25, -0.2) is 8.78 Å². The third-order valence-electron chi connectivity index (χ3n) is 4.36. The zero-order chi connectivity index (χ0) is 15.5. The molecule has 1 aromatic heterocycles. The van der Waals surface area contributed by atoms with Crippen molar-refractivity contribution >= 4 is 0 Å². The first-order valence-electron chi connectivity index (χ1n) is 7.77. The van der Waals surface area contributed by atoms with Gasteiger partial charge in [0.05, 0.1) is 0 Å². The molecule has 1 aliphatic heterocycles. The molecule has 22 heavy (non-hydrogen) atoms. The number of piperidine rings is 1. The number of nitrogens with zero attached hydrogens (tertiary/aromatic N) is 2. The predicted octanol–water partition coefficient (Wildman–Crippen LogP) is 4.40. The SMILES string of the molecule is CC1CCCCN1Cc1cncc(-c2cc(F)ccc2F)c1. The van der Waals surface area contributed by atoms with Gasteiger partial charge in [0.25, 0.3) is 0 Å². The zero-order valence-corrected chi connectivity index (χ0v) is 12.7. The molecule has 1 unspecified atom stereocenters. The van der Waals surface area contributed by atoms with Gasteiger partial charge in [0.2, 0.25) is 0 Å². The van der Waals surface area contributed by atoms with E-state index in [2.05, 4.69) is 16.8 Å². The second kappa shape index (κ2) is 6.53. The lowest BCUT2D eigenvalue weighted by atomic mass is 10.0. The lowest BCUT2D eigenvalue weighted by Crippen LogP contribution is -2.36. The molecule has 1 aromatic carbocycles. The van der Waals surface area contributed by atoms with Gasteiger partial charge in [-0.2, -0.15) is 0 Å². The second-order valence-corrected chi connectivity index (χ2v) is 6.02. The maximum absolute atomic E-state index is 13.9. The summed E-state index contributed by atoms with van der Waals surface area (Å²) in [7, 11) is 0. The molecule has 1 atom stereocenters. The quantitative estimate of drug-likeness (QED) is 0.835. The van der Waals surface area contributed by atoms with Crippen molar-refractivity contribution in [2.75, 3.05) is 6.54 Å². The van der Waals surface area contributed by atoms with Gasteiger partial charge in [-0.3, -0.25) is 9.88 Å². The number of likely N-dealkylation sites (tertiary alicyclic amines) is 1. The first-order valence-corrected chi connectivity index (χ1v) is 7.77. The fourth-order valence-corrected chi connectivity index (χ4v) is 3.07. The molecule has 2 aromatic rings. The third kappa shape index (κ3) is 3.33. The van der Waals surface area contributed by atoms with Crippen LogP contribution in [0.3, 0.4) is 0 Å². The molecule has 0 aliphatic carbocycles. The minimum Gasteiger partial charge on any atom is -0.296 e. The maximum atomic E-state index is 13.9. The van der Waals surface area contributed by atoms with Crippen LogP contribution >= 0.6 is 0 Å². The largest absolute Gasteiger partial charge is 0.296 e. The summed E-state index contributed by atoms with van der Waals surface area (Å²) < 4.78 is 27.3. The monoisotopic (exact) mass is 302 g/mol. The summed E-state index contributed by atoms with van der Waals surface area (Å²) in [6.45, 7) is 4.13. The molecule has 0 bridgehead atoms. The van der Waals surface area contributed by atoms with E-state index in [4.69, 9.17) is 0 Å². The highest BCUT2D eigenvalue weighted by molar-refractivity contribution is 5.63. The molecule has 2 heterocycles. The van der Waals surface area contributed by atoms with Crippen molar-refractivity contribution in [1.29, 1.82) is 0 Å². The standard InChI is InChI=1S/C18H20F2N2/c1-13-4-2-3-7-22(13)12-14-8-15(11-21-10-14)17-9-16(19)5-6-18(17)20/h5-6,8-11,13H,2-4,7,12H2,1H3. The number of halogens is 2. The average molecular weight is 302 g/mol. The van der Waals surface area contributed by atoms with Gasteiger partial charge in [0, 0.05) is 36.1 Å². The van der Waals surface area contributed by atoms with Gasteiger partial charge < -0.3 is 0 Å². The van der Waals surface area contributed by atoms with Crippen LogP contribution in [0, 0.1) is 11.6 Å². The fraction of sp³-hybridized carbons (Fsp3) is 0.389. The molecule has 2 nitrogen and oxygen atoms in total. The van der Waals surface area contributed by atoms with Crippen LogP contribution in [0.5, 0.6) is 0 Å². The minimum atomic E-state index is -0.438. The first kappa shape index (κ1) is 15.1. The van der Waals surface area contributed by atoms with Crippen LogP contribution in [0.25, 0.3) is 11.1 Å². The number of pyridine rings is 1. The van der Waals surface area contributed by atoms with Gasteiger partial charge in [-0.15, -0.1) is 0 Å². The molecule has 3 rings (SSSR count). The third-order valence-corrected chi connectivity index (χ3v) is 4.36. The number of hydrogen-bond donors (Lipinski definition) is 0. The van der Waals surface area contributed by atoms with E-state index < -0.39 is 11.6 Å². The Morgan fingerprint density at radius 2 is 2.05 bits per heavy atom. The molecule has 0 spiro atoms. The Labute approximate surface area is 129 Å². The highest BCUT2D eigenvalue weighted by Gasteiger charge is 2.18. The van der Waals surface area contributed by atoms with Crippen molar-refractivity contribution in [3.05, 3.63) is 53.9 Å². The Balaban J connectivity index is 1.84. The van der Waals surface area contributed by atoms with Crippen molar-refractivity contribution in [3.8, 4) is 11.1 Å². The number of aromatic nitrogens is 1. The molecule has 0 radical (unpaired) electrons. The Kier molecular flexibility index (Phi) is 4.48. The van der Waals surface area contributed by atoms with Crippen LogP contribution in [0.1, 0.15) is 31.7 Å². The Morgan fingerprint density at radius 3 is 2.86 bits per heavy atom. The molecule has 0 N–H and O–H groups in total. The molecule has 1 fully saturated rings. The summed E-state index contributed by atoms with van der Waals surface area (Å²) in [5, 5.41) is 0. The van der Waals surface area contributed by atoms with Crippen molar-refractivity contribution in [2.45, 2.75) is 38.8 Å². The van der Waals surface area contributed by atoms with E-state index in [1.807, 2.05) is 12.3 Å². The van der Waals surface area contributed by atoms with Crippen LogP contribution in [0.2, 0.25) is 0 Å².